The third-order valence-corrected chi connectivity index (χ3v) is 6.11. The van der Waals surface area contributed by atoms with Gasteiger partial charge in [-0.1, -0.05) is 47.1 Å². The van der Waals surface area contributed by atoms with Crippen molar-refractivity contribution in [2.45, 2.75) is 5.03 Å². The molecule has 0 fully saturated rings. The standard InChI is InChI=1S/C22H14Cl2N4OS/c23-17-5-2-14(9-18(17)24)19-6-3-15(11-25)22(28-19)30-12-21(29)27-16-4-1-13-7-8-26-20(13)10-16/h1-10,26H,12H2,(H,27,29). The highest BCUT2D eigenvalue weighted by Crippen LogP contribution is 2.30. The molecule has 0 atom stereocenters. The number of benzene rings is 2. The number of pyridine rings is 1. The van der Waals surface area contributed by atoms with E-state index in [1.807, 2.05) is 30.5 Å². The molecule has 30 heavy (non-hydrogen) atoms. The number of thioether (sulfide) groups is 1. The Morgan fingerprint density at radius 1 is 1.10 bits per heavy atom. The lowest BCUT2D eigenvalue weighted by Gasteiger charge is -2.08. The Balaban J connectivity index is 1.49. The van der Waals surface area contributed by atoms with Gasteiger partial charge in [0, 0.05) is 23.0 Å². The van der Waals surface area contributed by atoms with E-state index in [9.17, 15) is 10.1 Å². The first-order valence-corrected chi connectivity index (χ1v) is 10.6. The van der Waals surface area contributed by atoms with Crippen molar-refractivity contribution in [2.75, 3.05) is 11.1 Å². The van der Waals surface area contributed by atoms with Crippen LogP contribution in [0, 0.1) is 11.3 Å². The Morgan fingerprint density at radius 3 is 2.77 bits per heavy atom. The van der Waals surface area contributed by atoms with Gasteiger partial charge in [0.1, 0.15) is 11.1 Å². The first kappa shape index (κ1) is 20.3. The summed E-state index contributed by atoms with van der Waals surface area (Å²) >= 11 is 13.3. The quantitative estimate of drug-likeness (QED) is 0.356. The topological polar surface area (TPSA) is 81.6 Å². The average molecular weight is 453 g/mol. The maximum Gasteiger partial charge on any atom is 0.234 e. The smallest absolute Gasteiger partial charge is 0.234 e. The molecule has 0 unspecified atom stereocenters. The molecule has 0 saturated carbocycles. The zero-order valence-corrected chi connectivity index (χ0v) is 17.8. The number of aromatic nitrogens is 2. The monoisotopic (exact) mass is 452 g/mol. The highest BCUT2D eigenvalue weighted by molar-refractivity contribution is 8.00. The molecule has 8 heteroatoms. The van der Waals surface area contributed by atoms with Crippen molar-refractivity contribution in [3.8, 4) is 17.3 Å². The van der Waals surface area contributed by atoms with E-state index in [4.69, 9.17) is 23.2 Å². The van der Waals surface area contributed by atoms with Crippen LogP contribution in [-0.2, 0) is 4.79 Å². The maximum atomic E-state index is 12.4. The maximum absolute atomic E-state index is 12.4. The minimum absolute atomic E-state index is 0.120. The lowest BCUT2D eigenvalue weighted by molar-refractivity contribution is -0.113. The van der Waals surface area contributed by atoms with Crippen LogP contribution >= 0.6 is 35.0 Å². The van der Waals surface area contributed by atoms with Gasteiger partial charge in [-0.25, -0.2) is 4.98 Å². The van der Waals surface area contributed by atoms with Crippen molar-refractivity contribution in [2.24, 2.45) is 0 Å². The van der Waals surface area contributed by atoms with Crippen LogP contribution in [0.1, 0.15) is 5.56 Å². The summed E-state index contributed by atoms with van der Waals surface area (Å²) in [6, 6.07) is 18.4. The van der Waals surface area contributed by atoms with Crippen molar-refractivity contribution in [1.82, 2.24) is 9.97 Å². The molecule has 4 rings (SSSR count). The SMILES string of the molecule is N#Cc1ccc(-c2ccc(Cl)c(Cl)c2)nc1SCC(=O)Nc1ccc2cc[nH]c2c1. The summed E-state index contributed by atoms with van der Waals surface area (Å²) in [6.07, 6.45) is 1.85. The average Bonchev–Trinajstić information content (AvgIpc) is 3.22. The second-order valence-electron chi connectivity index (χ2n) is 6.41. The van der Waals surface area contributed by atoms with Crippen LogP contribution < -0.4 is 5.32 Å². The van der Waals surface area contributed by atoms with Crippen LogP contribution in [0.4, 0.5) is 5.69 Å². The number of H-pyrrole nitrogens is 1. The molecule has 148 valence electrons. The molecular weight excluding hydrogens is 439 g/mol. The first-order chi connectivity index (χ1) is 14.5. The van der Waals surface area contributed by atoms with Crippen LogP contribution in [0.2, 0.25) is 10.0 Å². The molecule has 0 aliphatic heterocycles. The van der Waals surface area contributed by atoms with E-state index in [1.54, 1.807) is 30.3 Å². The molecule has 0 spiro atoms. The number of nitrogens with one attached hydrogen (secondary N) is 2. The van der Waals surface area contributed by atoms with Gasteiger partial charge in [-0.2, -0.15) is 5.26 Å². The summed E-state index contributed by atoms with van der Waals surface area (Å²) in [5, 5.41) is 14.7. The van der Waals surface area contributed by atoms with Crippen molar-refractivity contribution in [3.63, 3.8) is 0 Å². The van der Waals surface area contributed by atoms with Gasteiger partial charge in [0.25, 0.3) is 0 Å². The Labute approximate surface area is 187 Å². The van der Waals surface area contributed by atoms with Crippen LogP contribution in [-0.4, -0.2) is 21.6 Å². The highest BCUT2D eigenvalue weighted by Gasteiger charge is 2.12. The second-order valence-corrected chi connectivity index (χ2v) is 8.18. The number of nitriles is 1. The number of anilines is 1. The molecular formula is C22H14Cl2N4OS. The summed E-state index contributed by atoms with van der Waals surface area (Å²) in [7, 11) is 0. The van der Waals surface area contributed by atoms with E-state index in [-0.39, 0.29) is 11.7 Å². The number of fused-ring (bicyclic) bond motifs is 1. The summed E-state index contributed by atoms with van der Waals surface area (Å²) < 4.78 is 0. The van der Waals surface area contributed by atoms with Crippen LogP contribution in [0.15, 0.2) is 65.8 Å². The largest absolute Gasteiger partial charge is 0.361 e. The molecule has 0 aliphatic rings. The summed E-state index contributed by atoms with van der Waals surface area (Å²) in [6.45, 7) is 0. The van der Waals surface area contributed by atoms with E-state index >= 15 is 0 Å². The van der Waals surface area contributed by atoms with Gasteiger partial charge in [0.15, 0.2) is 0 Å². The van der Waals surface area contributed by atoms with Crippen LogP contribution in [0.25, 0.3) is 22.2 Å². The van der Waals surface area contributed by atoms with Crippen molar-refractivity contribution in [1.29, 1.82) is 5.26 Å². The Morgan fingerprint density at radius 2 is 1.97 bits per heavy atom. The summed E-state index contributed by atoms with van der Waals surface area (Å²) in [5.74, 6) is -0.0635. The third-order valence-electron chi connectivity index (χ3n) is 4.37. The zero-order chi connectivity index (χ0) is 21.1. The Bertz CT molecular complexity index is 1300. The number of carbonyl (C=O) groups excluding carboxylic acids is 1. The van der Waals surface area contributed by atoms with Crippen molar-refractivity contribution >= 4 is 57.5 Å². The van der Waals surface area contributed by atoms with Gasteiger partial charge >= 0.3 is 0 Å². The minimum atomic E-state index is -0.184. The van der Waals surface area contributed by atoms with E-state index in [2.05, 4.69) is 21.4 Å². The fourth-order valence-electron chi connectivity index (χ4n) is 2.91. The number of aromatic amines is 1. The van der Waals surface area contributed by atoms with E-state index in [0.29, 0.717) is 32.0 Å². The predicted molar refractivity (Wildman–Crippen MR) is 122 cm³/mol. The fourth-order valence-corrected chi connectivity index (χ4v) is 3.98. The predicted octanol–water partition coefficient (Wildman–Crippen LogP) is 6.14. The number of halogens is 2. The van der Waals surface area contributed by atoms with E-state index in [1.165, 1.54) is 11.8 Å². The third kappa shape index (κ3) is 4.44. The van der Waals surface area contributed by atoms with Gasteiger partial charge in [0.2, 0.25) is 5.91 Å². The van der Waals surface area contributed by atoms with Gasteiger partial charge in [-0.05, 0) is 47.9 Å². The Hall–Kier alpha value is -2.98. The van der Waals surface area contributed by atoms with Gasteiger partial charge in [-0.3, -0.25) is 4.79 Å². The number of carbonyl (C=O) groups is 1. The normalized spacial score (nSPS) is 10.7. The van der Waals surface area contributed by atoms with E-state index < -0.39 is 0 Å². The van der Waals surface area contributed by atoms with Gasteiger partial charge in [-0.15, -0.1) is 0 Å². The molecule has 0 aliphatic carbocycles. The van der Waals surface area contributed by atoms with Gasteiger partial charge < -0.3 is 10.3 Å². The molecule has 0 bridgehead atoms. The molecule has 2 aromatic heterocycles. The molecule has 2 N–H and O–H groups in total. The molecule has 1 amide bonds. The lowest BCUT2D eigenvalue weighted by Crippen LogP contribution is -2.14. The summed E-state index contributed by atoms with van der Waals surface area (Å²) in [4.78, 5) is 20.1. The molecule has 0 saturated heterocycles. The molecule has 2 heterocycles. The molecule has 2 aromatic carbocycles. The number of hydrogen-bond acceptors (Lipinski definition) is 4. The second kappa shape index (κ2) is 8.80. The molecule has 5 nitrogen and oxygen atoms in total. The Kier molecular flexibility index (Phi) is 5.96. The number of hydrogen-bond donors (Lipinski definition) is 2. The molecule has 4 aromatic rings. The number of amides is 1. The number of nitrogens with zero attached hydrogens (tertiary/aromatic N) is 2. The van der Waals surface area contributed by atoms with Crippen LogP contribution in [0.5, 0.6) is 0 Å². The first-order valence-electron chi connectivity index (χ1n) is 8.90. The summed E-state index contributed by atoms with van der Waals surface area (Å²) in [5.41, 5.74) is 3.48. The van der Waals surface area contributed by atoms with Crippen molar-refractivity contribution < 1.29 is 4.79 Å². The lowest BCUT2D eigenvalue weighted by atomic mass is 10.1. The van der Waals surface area contributed by atoms with Crippen molar-refractivity contribution in [3.05, 3.63) is 76.4 Å². The van der Waals surface area contributed by atoms with Gasteiger partial charge in [0.05, 0.1) is 27.1 Å². The highest BCUT2D eigenvalue weighted by atomic mass is 35.5. The fraction of sp³-hybridized carbons (Fsp3) is 0.0455. The zero-order valence-electron chi connectivity index (χ0n) is 15.4. The minimum Gasteiger partial charge on any atom is -0.361 e. The molecule has 0 radical (unpaired) electrons. The van der Waals surface area contributed by atoms with Crippen LogP contribution in [0.3, 0.4) is 0 Å². The number of rotatable bonds is 5. The van der Waals surface area contributed by atoms with E-state index in [0.717, 1.165) is 16.5 Å².